The van der Waals surface area contributed by atoms with Gasteiger partial charge in [-0.15, -0.1) is 0 Å². The highest BCUT2D eigenvalue weighted by molar-refractivity contribution is 7.89. The van der Waals surface area contributed by atoms with Crippen LogP contribution in [0.25, 0.3) is 0 Å². The molecule has 2 rings (SSSR count). The Kier molecular flexibility index (Phi) is 4.38. The zero-order chi connectivity index (χ0) is 15.6. The lowest BCUT2D eigenvalue weighted by molar-refractivity contribution is -0.384. The highest BCUT2D eigenvalue weighted by Crippen LogP contribution is 2.25. The molecule has 1 atom stereocenters. The van der Waals surface area contributed by atoms with Crippen molar-refractivity contribution in [2.24, 2.45) is 5.92 Å². The highest BCUT2D eigenvalue weighted by Gasteiger charge is 2.32. The first-order valence-electron chi connectivity index (χ1n) is 6.57. The number of carbonyl (C=O) groups is 1. The minimum absolute atomic E-state index is 0.0114. The van der Waals surface area contributed by atoms with Crippen LogP contribution in [0, 0.1) is 16.0 Å². The van der Waals surface area contributed by atoms with Crippen molar-refractivity contribution in [2.45, 2.75) is 24.7 Å². The summed E-state index contributed by atoms with van der Waals surface area (Å²) < 4.78 is 26.2. The first-order chi connectivity index (χ1) is 9.82. The van der Waals surface area contributed by atoms with E-state index in [-0.39, 0.29) is 28.8 Å². The standard InChI is InChI=1S/C13H16N2O5S/c1-10(16)11-3-2-8-14(9-11)21(19,20)13-6-4-12(5-7-13)15(17)18/h4-7,11H,2-3,8-9H2,1H3. The lowest BCUT2D eigenvalue weighted by Gasteiger charge is -2.30. The van der Waals surface area contributed by atoms with Gasteiger partial charge in [-0.25, -0.2) is 8.42 Å². The molecule has 1 heterocycles. The number of benzene rings is 1. The fourth-order valence-corrected chi connectivity index (χ4v) is 3.91. The van der Waals surface area contributed by atoms with Crippen LogP contribution >= 0.6 is 0 Å². The highest BCUT2D eigenvalue weighted by atomic mass is 32.2. The van der Waals surface area contributed by atoms with E-state index in [9.17, 15) is 23.3 Å². The number of rotatable bonds is 4. The molecule has 1 saturated heterocycles. The summed E-state index contributed by atoms with van der Waals surface area (Å²) in [5.41, 5.74) is -0.158. The van der Waals surface area contributed by atoms with Crippen LogP contribution in [0.5, 0.6) is 0 Å². The second-order valence-corrected chi connectivity index (χ2v) is 7.00. The number of piperidine rings is 1. The molecular weight excluding hydrogens is 296 g/mol. The predicted molar refractivity (Wildman–Crippen MR) is 75.3 cm³/mol. The van der Waals surface area contributed by atoms with Crippen molar-refractivity contribution in [1.82, 2.24) is 4.31 Å². The van der Waals surface area contributed by atoms with Gasteiger partial charge in [-0.05, 0) is 31.9 Å². The molecule has 1 fully saturated rings. The van der Waals surface area contributed by atoms with Gasteiger partial charge in [0.05, 0.1) is 9.82 Å². The molecule has 0 spiro atoms. The molecule has 1 aliphatic heterocycles. The third-order valence-corrected chi connectivity index (χ3v) is 5.52. The molecule has 7 nitrogen and oxygen atoms in total. The third kappa shape index (κ3) is 3.27. The van der Waals surface area contributed by atoms with E-state index in [1.807, 2.05) is 0 Å². The fourth-order valence-electron chi connectivity index (χ4n) is 2.38. The molecule has 0 bridgehead atoms. The summed E-state index contributed by atoms with van der Waals surface area (Å²) in [5.74, 6) is -0.287. The molecule has 0 aromatic heterocycles. The molecule has 114 valence electrons. The van der Waals surface area contributed by atoms with Crippen LogP contribution in [-0.4, -0.2) is 36.5 Å². The normalized spacial score (nSPS) is 20.1. The summed E-state index contributed by atoms with van der Waals surface area (Å²) in [6.07, 6.45) is 1.33. The summed E-state index contributed by atoms with van der Waals surface area (Å²) in [6.45, 7) is 2.00. The minimum Gasteiger partial charge on any atom is -0.300 e. The van der Waals surface area contributed by atoms with Crippen molar-refractivity contribution >= 4 is 21.5 Å². The van der Waals surface area contributed by atoms with E-state index in [0.29, 0.717) is 19.4 Å². The number of nitro benzene ring substituents is 1. The van der Waals surface area contributed by atoms with E-state index in [2.05, 4.69) is 0 Å². The Labute approximate surface area is 122 Å². The molecule has 1 aromatic rings. The average Bonchev–Trinajstić information content (AvgIpc) is 2.47. The first kappa shape index (κ1) is 15.6. The minimum atomic E-state index is -3.71. The van der Waals surface area contributed by atoms with Crippen molar-refractivity contribution < 1.29 is 18.1 Å². The van der Waals surface area contributed by atoms with Gasteiger partial charge in [0.25, 0.3) is 5.69 Å². The van der Waals surface area contributed by atoms with E-state index >= 15 is 0 Å². The third-order valence-electron chi connectivity index (χ3n) is 3.64. The molecule has 1 aliphatic rings. The number of ketones is 1. The van der Waals surface area contributed by atoms with E-state index in [0.717, 1.165) is 0 Å². The molecule has 0 amide bonds. The zero-order valence-corrected chi connectivity index (χ0v) is 12.4. The SMILES string of the molecule is CC(=O)C1CCCN(S(=O)(=O)c2ccc([N+](=O)[O-])cc2)C1. The Morgan fingerprint density at radius 3 is 2.48 bits per heavy atom. The van der Waals surface area contributed by atoms with E-state index in [1.54, 1.807) is 0 Å². The Morgan fingerprint density at radius 2 is 1.95 bits per heavy atom. The predicted octanol–water partition coefficient (Wildman–Crippen LogP) is 1.58. The molecule has 21 heavy (non-hydrogen) atoms. The number of non-ortho nitro benzene ring substituents is 1. The second-order valence-electron chi connectivity index (χ2n) is 5.06. The van der Waals surface area contributed by atoms with Gasteiger partial charge in [-0.2, -0.15) is 4.31 Å². The molecule has 1 aromatic carbocycles. The Hall–Kier alpha value is -1.80. The number of Topliss-reactive ketones (excluding diaryl/α,β-unsaturated/α-hetero) is 1. The number of hydrogen-bond acceptors (Lipinski definition) is 5. The summed E-state index contributed by atoms with van der Waals surface area (Å²) >= 11 is 0. The fraction of sp³-hybridized carbons (Fsp3) is 0.462. The maximum atomic E-state index is 12.5. The number of carbonyl (C=O) groups excluding carboxylic acids is 1. The molecule has 0 saturated carbocycles. The van der Waals surface area contributed by atoms with Crippen LogP contribution < -0.4 is 0 Å². The van der Waals surface area contributed by atoms with Crippen molar-refractivity contribution in [3.8, 4) is 0 Å². The summed E-state index contributed by atoms with van der Waals surface area (Å²) in [7, 11) is -3.71. The van der Waals surface area contributed by atoms with E-state index in [4.69, 9.17) is 0 Å². The van der Waals surface area contributed by atoms with Crippen LogP contribution in [-0.2, 0) is 14.8 Å². The zero-order valence-electron chi connectivity index (χ0n) is 11.6. The summed E-state index contributed by atoms with van der Waals surface area (Å²) in [6, 6.07) is 4.79. The van der Waals surface area contributed by atoms with Crippen LogP contribution in [0.2, 0.25) is 0 Å². The maximum Gasteiger partial charge on any atom is 0.269 e. The van der Waals surface area contributed by atoms with Crippen molar-refractivity contribution in [3.05, 3.63) is 34.4 Å². The molecule has 0 N–H and O–H groups in total. The van der Waals surface area contributed by atoms with Crippen LogP contribution in [0.4, 0.5) is 5.69 Å². The van der Waals surface area contributed by atoms with Crippen molar-refractivity contribution in [3.63, 3.8) is 0 Å². The molecular formula is C13H16N2O5S. The summed E-state index contributed by atoms with van der Waals surface area (Å²) in [4.78, 5) is 21.5. The van der Waals surface area contributed by atoms with Crippen molar-refractivity contribution in [2.75, 3.05) is 13.1 Å². The Bertz CT molecular complexity index is 654. The topological polar surface area (TPSA) is 97.6 Å². The van der Waals surface area contributed by atoms with E-state index < -0.39 is 14.9 Å². The van der Waals surface area contributed by atoms with Crippen LogP contribution in [0.1, 0.15) is 19.8 Å². The van der Waals surface area contributed by atoms with Gasteiger partial charge in [0.15, 0.2) is 0 Å². The molecule has 0 radical (unpaired) electrons. The quantitative estimate of drug-likeness (QED) is 0.621. The second kappa shape index (κ2) is 5.90. The first-order valence-corrected chi connectivity index (χ1v) is 8.01. The number of nitrogens with zero attached hydrogens (tertiary/aromatic N) is 2. The van der Waals surface area contributed by atoms with Gasteiger partial charge in [-0.1, -0.05) is 0 Å². The van der Waals surface area contributed by atoms with Crippen LogP contribution in [0.15, 0.2) is 29.2 Å². The van der Waals surface area contributed by atoms with Crippen molar-refractivity contribution in [1.29, 1.82) is 0 Å². The Morgan fingerprint density at radius 1 is 1.33 bits per heavy atom. The van der Waals surface area contributed by atoms with Gasteiger partial charge >= 0.3 is 0 Å². The monoisotopic (exact) mass is 312 g/mol. The van der Waals surface area contributed by atoms with Gasteiger partial charge in [0, 0.05) is 31.1 Å². The summed E-state index contributed by atoms with van der Waals surface area (Å²) in [5, 5.41) is 10.6. The van der Waals surface area contributed by atoms with E-state index in [1.165, 1.54) is 35.5 Å². The molecule has 0 aliphatic carbocycles. The molecule has 1 unspecified atom stereocenters. The number of nitro groups is 1. The van der Waals surface area contributed by atoms with Gasteiger partial charge < -0.3 is 0 Å². The largest absolute Gasteiger partial charge is 0.300 e. The smallest absolute Gasteiger partial charge is 0.269 e. The Balaban J connectivity index is 2.24. The number of sulfonamides is 1. The number of hydrogen-bond donors (Lipinski definition) is 0. The lowest BCUT2D eigenvalue weighted by atomic mass is 9.96. The molecule has 8 heteroatoms. The van der Waals surface area contributed by atoms with Crippen LogP contribution in [0.3, 0.4) is 0 Å². The van der Waals surface area contributed by atoms with Gasteiger partial charge in [0.1, 0.15) is 5.78 Å². The maximum absolute atomic E-state index is 12.5. The lowest BCUT2D eigenvalue weighted by Crippen LogP contribution is -2.41. The average molecular weight is 312 g/mol. The van der Waals surface area contributed by atoms with Gasteiger partial charge in [0.2, 0.25) is 10.0 Å². The van der Waals surface area contributed by atoms with Gasteiger partial charge in [-0.3, -0.25) is 14.9 Å².